The van der Waals surface area contributed by atoms with Gasteiger partial charge in [0.1, 0.15) is 6.29 Å². The van der Waals surface area contributed by atoms with Crippen molar-refractivity contribution in [3.63, 3.8) is 0 Å². The molecule has 0 unspecified atom stereocenters. The number of aldehydes is 1. The van der Waals surface area contributed by atoms with Crippen molar-refractivity contribution in [3.05, 3.63) is 35.9 Å². The molecule has 0 aromatic heterocycles. The fourth-order valence-corrected chi connectivity index (χ4v) is 3.36. The summed E-state index contributed by atoms with van der Waals surface area (Å²) in [6.07, 6.45) is 21.8. The Bertz CT molecular complexity index is 621. The number of rotatable bonds is 18. The van der Waals surface area contributed by atoms with Gasteiger partial charge in [-0.25, -0.2) is 0 Å². The third-order valence-corrected chi connectivity index (χ3v) is 5.19. The van der Waals surface area contributed by atoms with Gasteiger partial charge in [-0.2, -0.15) is 0 Å². The largest absolute Gasteiger partial charge is 0.493 e. The second kappa shape index (κ2) is 17.7. The number of methoxy groups -OCH3 is 1. The molecule has 1 rings (SSSR count). The van der Waals surface area contributed by atoms with Crippen molar-refractivity contribution >= 4 is 12.3 Å². The van der Waals surface area contributed by atoms with Crippen LogP contribution in [0, 0.1) is 0 Å². The van der Waals surface area contributed by atoms with Crippen LogP contribution in [-0.4, -0.2) is 19.4 Å². The average molecular weight is 417 g/mol. The van der Waals surface area contributed by atoms with Gasteiger partial charge < -0.3 is 9.47 Å². The van der Waals surface area contributed by atoms with Gasteiger partial charge in [-0.3, -0.25) is 9.59 Å². The normalized spacial score (nSPS) is 11.0. The quantitative estimate of drug-likeness (QED) is 0.0819. The van der Waals surface area contributed by atoms with E-state index in [2.05, 4.69) is 19.1 Å². The smallest absolute Gasteiger partial charge is 0.311 e. The molecule has 0 aliphatic rings. The van der Waals surface area contributed by atoms with E-state index in [0.29, 0.717) is 23.5 Å². The van der Waals surface area contributed by atoms with Gasteiger partial charge in [0.2, 0.25) is 0 Å². The number of unbranched alkanes of at least 4 members (excludes halogenated alkanes) is 11. The molecular weight excluding hydrogens is 376 g/mol. The molecule has 0 bridgehead atoms. The Labute approximate surface area is 183 Å². The first-order valence-electron chi connectivity index (χ1n) is 11.7. The molecule has 30 heavy (non-hydrogen) atoms. The number of carbonyl (C=O) groups is 2. The molecule has 0 atom stereocenters. The number of benzene rings is 1. The van der Waals surface area contributed by atoms with E-state index < -0.39 is 0 Å². The number of hydrogen-bond acceptors (Lipinski definition) is 4. The molecule has 4 nitrogen and oxygen atoms in total. The van der Waals surface area contributed by atoms with Crippen molar-refractivity contribution in [1.82, 2.24) is 0 Å². The van der Waals surface area contributed by atoms with Crippen LogP contribution >= 0.6 is 0 Å². The van der Waals surface area contributed by atoms with Crippen LogP contribution in [0.2, 0.25) is 0 Å². The van der Waals surface area contributed by atoms with E-state index in [9.17, 15) is 9.59 Å². The molecule has 4 heteroatoms. The van der Waals surface area contributed by atoms with Crippen LogP contribution in [-0.2, 0) is 4.79 Å². The zero-order valence-electron chi connectivity index (χ0n) is 19.0. The van der Waals surface area contributed by atoms with Crippen molar-refractivity contribution in [3.8, 4) is 11.5 Å². The lowest BCUT2D eigenvalue weighted by Crippen LogP contribution is -2.08. The summed E-state index contributed by atoms with van der Waals surface area (Å²) in [5, 5.41) is 0. The highest BCUT2D eigenvalue weighted by Gasteiger charge is 2.10. The highest BCUT2D eigenvalue weighted by atomic mass is 16.6. The van der Waals surface area contributed by atoms with Gasteiger partial charge in [0, 0.05) is 12.0 Å². The lowest BCUT2D eigenvalue weighted by Gasteiger charge is -2.09. The van der Waals surface area contributed by atoms with Gasteiger partial charge in [-0.1, -0.05) is 70.4 Å². The summed E-state index contributed by atoms with van der Waals surface area (Å²) < 4.78 is 10.5. The Hall–Kier alpha value is -2.10. The highest BCUT2D eigenvalue weighted by molar-refractivity contribution is 5.78. The maximum atomic E-state index is 12.0. The van der Waals surface area contributed by atoms with Gasteiger partial charge in [0.25, 0.3) is 0 Å². The molecule has 0 saturated heterocycles. The van der Waals surface area contributed by atoms with Crippen LogP contribution in [0.25, 0.3) is 0 Å². The van der Waals surface area contributed by atoms with Gasteiger partial charge in [-0.05, 0) is 50.3 Å². The first-order chi connectivity index (χ1) is 14.7. The number of hydrogen-bond donors (Lipinski definition) is 0. The van der Waals surface area contributed by atoms with E-state index in [4.69, 9.17) is 9.47 Å². The molecule has 0 saturated carbocycles. The number of allylic oxidation sites excluding steroid dienone is 2. The summed E-state index contributed by atoms with van der Waals surface area (Å²) in [4.78, 5) is 22.8. The zero-order chi connectivity index (χ0) is 21.9. The molecule has 0 amide bonds. The third-order valence-electron chi connectivity index (χ3n) is 5.19. The molecule has 1 aromatic carbocycles. The SMILES string of the molecule is CCCCCCCCC=CCCCCCCCC(=O)Oc1ccc(C=O)cc1OC. The maximum absolute atomic E-state index is 12.0. The first-order valence-corrected chi connectivity index (χ1v) is 11.7. The monoisotopic (exact) mass is 416 g/mol. The van der Waals surface area contributed by atoms with Crippen molar-refractivity contribution in [2.75, 3.05) is 7.11 Å². The summed E-state index contributed by atoms with van der Waals surface area (Å²) in [7, 11) is 1.49. The van der Waals surface area contributed by atoms with E-state index in [1.54, 1.807) is 18.2 Å². The second-order valence-electron chi connectivity index (χ2n) is 7.84. The minimum absolute atomic E-state index is 0.259. The number of esters is 1. The lowest BCUT2D eigenvalue weighted by atomic mass is 10.1. The molecule has 168 valence electrons. The molecule has 0 fully saturated rings. The predicted molar refractivity (Wildman–Crippen MR) is 123 cm³/mol. The van der Waals surface area contributed by atoms with E-state index in [-0.39, 0.29) is 5.97 Å². The summed E-state index contributed by atoms with van der Waals surface area (Å²) in [5.41, 5.74) is 0.490. The van der Waals surface area contributed by atoms with Crippen LogP contribution in [0.4, 0.5) is 0 Å². The molecule has 0 heterocycles. The molecule has 1 aromatic rings. The van der Waals surface area contributed by atoms with E-state index in [1.807, 2.05) is 0 Å². The molecule has 0 spiro atoms. The van der Waals surface area contributed by atoms with Gasteiger partial charge in [0.05, 0.1) is 7.11 Å². The van der Waals surface area contributed by atoms with Crippen molar-refractivity contribution in [2.24, 2.45) is 0 Å². The van der Waals surface area contributed by atoms with Crippen LogP contribution in [0.5, 0.6) is 11.5 Å². The fraction of sp³-hybridized carbons (Fsp3) is 0.615. The van der Waals surface area contributed by atoms with E-state index in [1.165, 1.54) is 64.9 Å². The van der Waals surface area contributed by atoms with Crippen LogP contribution in [0.15, 0.2) is 30.4 Å². The zero-order valence-corrected chi connectivity index (χ0v) is 19.0. The highest BCUT2D eigenvalue weighted by Crippen LogP contribution is 2.28. The number of carbonyl (C=O) groups excluding carboxylic acids is 2. The molecule has 0 aliphatic carbocycles. The van der Waals surface area contributed by atoms with Gasteiger partial charge >= 0.3 is 5.97 Å². The Balaban J connectivity index is 2.01. The topological polar surface area (TPSA) is 52.6 Å². The molecule has 0 radical (unpaired) electrons. The van der Waals surface area contributed by atoms with Crippen molar-refractivity contribution < 1.29 is 19.1 Å². The lowest BCUT2D eigenvalue weighted by molar-refractivity contribution is -0.134. The third kappa shape index (κ3) is 12.5. The Morgan fingerprint density at radius 2 is 1.43 bits per heavy atom. The van der Waals surface area contributed by atoms with Crippen LogP contribution in [0.3, 0.4) is 0 Å². The van der Waals surface area contributed by atoms with Gasteiger partial charge in [-0.15, -0.1) is 0 Å². The molecule has 0 N–H and O–H groups in total. The van der Waals surface area contributed by atoms with Gasteiger partial charge in [0.15, 0.2) is 11.5 Å². The van der Waals surface area contributed by atoms with E-state index in [0.717, 1.165) is 32.0 Å². The van der Waals surface area contributed by atoms with Crippen molar-refractivity contribution in [1.29, 1.82) is 0 Å². The second-order valence-corrected chi connectivity index (χ2v) is 7.84. The van der Waals surface area contributed by atoms with Crippen molar-refractivity contribution in [2.45, 2.75) is 96.8 Å². The maximum Gasteiger partial charge on any atom is 0.311 e. The average Bonchev–Trinajstić information content (AvgIpc) is 2.76. The minimum Gasteiger partial charge on any atom is -0.493 e. The van der Waals surface area contributed by atoms with E-state index >= 15 is 0 Å². The number of ether oxygens (including phenoxy) is 2. The molecule has 0 aliphatic heterocycles. The Kier molecular flexibility index (Phi) is 15.3. The molecular formula is C26H40O4. The Morgan fingerprint density at radius 1 is 0.833 bits per heavy atom. The standard InChI is InChI=1S/C26H40O4/c1-3-4-5-6-7-8-9-10-11-12-13-14-15-16-17-18-26(28)30-24-20-19-23(22-27)21-25(24)29-2/h10-11,19-22H,3-9,12-18H2,1-2H3. The fourth-order valence-electron chi connectivity index (χ4n) is 3.36. The van der Waals surface area contributed by atoms with Crippen LogP contribution in [0.1, 0.15) is 107 Å². The summed E-state index contributed by atoms with van der Waals surface area (Å²) >= 11 is 0. The predicted octanol–water partition coefficient (Wildman–Crippen LogP) is 7.45. The summed E-state index contributed by atoms with van der Waals surface area (Å²) in [6, 6.07) is 4.78. The van der Waals surface area contributed by atoms with Crippen LogP contribution < -0.4 is 9.47 Å². The summed E-state index contributed by atoms with van der Waals surface area (Å²) in [6.45, 7) is 2.26. The minimum atomic E-state index is -0.259. The first kappa shape index (κ1) is 25.9. The Morgan fingerprint density at radius 3 is 2.03 bits per heavy atom. The summed E-state index contributed by atoms with van der Waals surface area (Å²) in [5.74, 6) is 0.503.